The number of rotatable bonds is 2. The third-order valence-electron chi connectivity index (χ3n) is 6.63. The van der Waals surface area contributed by atoms with E-state index in [1.54, 1.807) is 43.6 Å². The topological polar surface area (TPSA) is 79.4 Å². The number of likely N-dealkylation sites (tertiary alicyclic amines) is 1. The molecule has 196 valence electrons. The highest BCUT2D eigenvalue weighted by Gasteiger charge is 2.55. The lowest BCUT2D eigenvalue weighted by Crippen LogP contribution is -2.52. The molecule has 8 nitrogen and oxygen atoms in total. The van der Waals surface area contributed by atoms with Gasteiger partial charge in [-0.2, -0.15) is 13.2 Å². The maximum atomic E-state index is 13.6. The number of anilines is 1. The lowest BCUT2D eigenvalue weighted by molar-refractivity contribution is -0.147. The van der Waals surface area contributed by atoms with Gasteiger partial charge in [-0.05, 0) is 45.9 Å². The SMILES string of the molecule is CC1=C(C(=O)N2CCN(c3cccc(C(F)(F)F)c3)CC2)C2(CCN(C(=O)OC(C)(C)C)C2)OC1=O. The van der Waals surface area contributed by atoms with Crippen molar-refractivity contribution < 1.29 is 37.0 Å². The molecule has 0 aromatic heterocycles. The van der Waals surface area contributed by atoms with Gasteiger partial charge < -0.3 is 24.2 Å². The van der Waals surface area contributed by atoms with Crippen molar-refractivity contribution >= 4 is 23.7 Å². The van der Waals surface area contributed by atoms with Gasteiger partial charge in [-0.15, -0.1) is 0 Å². The molecule has 0 saturated carbocycles. The Kier molecular flexibility index (Phi) is 6.47. The highest BCUT2D eigenvalue weighted by atomic mass is 19.4. The van der Waals surface area contributed by atoms with E-state index in [2.05, 4.69) is 0 Å². The maximum Gasteiger partial charge on any atom is 0.416 e. The van der Waals surface area contributed by atoms with Crippen LogP contribution >= 0.6 is 0 Å². The van der Waals surface area contributed by atoms with Gasteiger partial charge >= 0.3 is 18.2 Å². The van der Waals surface area contributed by atoms with Crippen LogP contribution < -0.4 is 4.90 Å². The van der Waals surface area contributed by atoms with Crippen LogP contribution in [-0.4, -0.2) is 78.2 Å². The zero-order valence-electron chi connectivity index (χ0n) is 20.8. The normalized spacial score (nSPS) is 23.0. The van der Waals surface area contributed by atoms with Gasteiger partial charge in [0.05, 0.1) is 17.7 Å². The number of nitrogens with zero attached hydrogens (tertiary/aromatic N) is 3. The third-order valence-corrected chi connectivity index (χ3v) is 6.63. The largest absolute Gasteiger partial charge is 0.449 e. The fourth-order valence-electron chi connectivity index (χ4n) is 4.86. The van der Waals surface area contributed by atoms with Gasteiger partial charge in [0.15, 0.2) is 5.60 Å². The van der Waals surface area contributed by atoms with Crippen LogP contribution in [0.2, 0.25) is 0 Å². The van der Waals surface area contributed by atoms with E-state index in [4.69, 9.17) is 9.47 Å². The Labute approximate surface area is 207 Å². The van der Waals surface area contributed by atoms with E-state index in [0.29, 0.717) is 18.8 Å². The van der Waals surface area contributed by atoms with E-state index < -0.39 is 35.0 Å². The molecule has 2 amide bonds. The fraction of sp³-hybridized carbons (Fsp3) is 0.560. The van der Waals surface area contributed by atoms with Gasteiger partial charge in [0.1, 0.15) is 5.60 Å². The molecular formula is C25H30F3N3O5. The molecule has 11 heteroatoms. The van der Waals surface area contributed by atoms with Crippen LogP contribution in [0.3, 0.4) is 0 Å². The minimum absolute atomic E-state index is 0.0241. The average Bonchev–Trinajstić information content (AvgIpc) is 3.32. The summed E-state index contributed by atoms with van der Waals surface area (Å²) in [4.78, 5) is 43.5. The molecule has 1 aromatic carbocycles. The molecule has 0 aliphatic carbocycles. The molecule has 1 spiro atoms. The number of carbonyl (C=O) groups is 3. The van der Waals surface area contributed by atoms with Crippen molar-refractivity contribution in [3.05, 3.63) is 41.0 Å². The summed E-state index contributed by atoms with van der Waals surface area (Å²) in [5.74, 6) is -0.944. The number of hydrogen-bond acceptors (Lipinski definition) is 6. The second-order valence-electron chi connectivity index (χ2n) is 10.4. The molecule has 3 aliphatic heterocycles. The van der Waals surface area contributed by atoms with E-state index in [0.717, 1.165) is 12.1 Å². The summed E-state index contributed by atoms with van der Waals surface area (Å²) in [7, 11) is 0. The van der Waals surface area contributed by atoms with Gasteiger partial charge in [0.25, 0.3) is 5.91 Å². The minimum Gasteiger partial charge on any atom is -0.449 e. The molecule has 1 atom stereocenters. The van der Waals surface area contributed by atoms with Gasteiger partial charge in [0, 0.05) is 50.4 Å². The summed E-state index contributed by atoms with van der Waals surface area (Å²) in [5.41, 5.74) is -1.75. The number of benzene rings is 1. The maximum absolute atomic E-state index is 13.6. The minimum atomic E-state index is -4.43. The smallest absolute Gasteiger partial charge is 0.416 e. The molecule has 36 heavy (non-hydrogen) atoms. The molecule has 3 aliphatic rings. The lowest BCUT2D eigenvalue weighted by Gasteiger charge is -2.38. The number of carbonyl (C=O) groups excluding carboxylic acids is 3. The Morgan fingerprint density at radius 2 is 1.69 bits per heavy atom. The lowest BCUT2D eigenvalue weighted by atomic mass is 9.90. The first kappa shape index (κ1) is 25.8. The zero-order valence-corrected chi connectivity index (χ0v) is 20.8. The molecule has 3 heterocycles. The molecule has 0 radical (unpaired) electrons. The second-order valence-corrected chi connectivity index (χ2v) is 10.4. The van der Waals surface area contributed by atoms with Crippen molar-refractivity contribution in [3.8, 4) is 0 Å². The fourth-order valence-corrected chi connectivity index (χ4v) is 4.86. The van der Waals surface area contributed by atoms with E-state index in [-0.39, 0.29) is 49.7 Å². The Morgan fingerprint density at radius 3 is 2.31 bits per heavy atom. The number of hydrogen-bond donors (Lipinski definition) is 0. The van der Waals surface area contributed by atoms with E-state index in [1.165, 1.54) is 11.0 Å². The molecule has 4 rings (SSSR count). The number of esters is 1. The highest BCUT2D eigenvalue weighted by molar-refractivity contribution is 6.07. The van der Waals surface area contributed by atoms with Crippen molar-refractivity contribution in [1.29, 1.82) is 0 Å². The first-order valence-electron chi connectivity index (χ1n) is 11.8. The monoisotopic (exact) mass is 509 g/mol. The molecule has 2 fully saturated rings. The highest BCUT2D eigenvalue weighted by Crippen LogP contribution is 2.41. The summed E-state index contributed by atoms with van der Waals surface area (Å²) < 4.78 is 50.4. The summed E-state index contributed by atoms with van der Waals surface area (Å²) in [6.45, 7) is 8.32. The quantitative estimate of drug-likeness (QED) is 0.567. The molecule has 0 N–H and O–H groups in total. The first-order chi connectivity index (χ1) is 16.7. The molecule has 1 unspecified atom stereocenters. The zero-order chi connectivity index (χ0) is 26.5. The van der Waals surface area contributed by atoms with Crippen molar-refractivity contribution in [3.63, 3.8) is 0 Å². The molecule has 0 bridgehead atoms. The first-order valence-corrected chi connectivity index (χ1v) is 11.8. The number of piperazine rings is 1. The summed E-state index contributed by atoms with van der Waals surface area (Å²) in [6.07, 6.45) is -4.70. The van der Waals surface area contributed by atoms with Crippen molar-refractivity contribution in [2.24, 2.45) is 0 Å². The van der Waals surface area contributed by atoms with Crippen LogP contribution in [0.5, 0.6) is 0 Å². The van der Waals surface area contributed by atoms with Gasteiger partial charge in [-0.25, -0.2) is 9.59 Å². The van der Waals surface area contributed by atoms with Crippen LogP contribution in [0.25, 0.3) is 0 Å². The standard InChI is InChI=1S/C25H30F3N3O5/c1-16-19(24(35-21(16)33)8-9-31(15-24)22(34)36-23(2,3)4)20(32)30-12-10-29(11-13-30)18-7-5-6-17(14-18)25(26,27)28/h5-7,14H,8-13,15H2,1-4H3. The van der Waals surface area contributed by atoms with E-state index in [1.807, 2.05) is 0 Å². The Balaban J connectivity index is 1.46. The van der Waals surface area contributed by atoms with E-state index in [9.17, 15) is 27.6 Å². The van der Waals surface area contributed by atoms with Gasteiger partial charge in [-0.3, -0.25) is 4.79 Å². The van der Waals surface area contributed by atoms with Crippen LogP contribution in [0.1, 0.15) is 39.7 Å². The number of alkyl halides is 3. The molecule has 1 aromatic rings. The van der Waals surface area contributed by atoms with Crippen molar-refractivity contribution in [2.45, 2.75) is 51.5 Å². The summed E-state index contributed by atoms with van der Waals surface area (Å²) in [5, 5.41) is 0. The number of ether oxygens (including phenoxy) is 2. The van der Waals surface area contributed by atoms with Crippen LogP contribution in [0.4, 0.5) is 23.7 Å². The van der Waals surface area contributed by atoms with E-state index >= 15 is 0 Å². The Hall–Kier alpha value is -3.24. The second kappa shape index (κ2) is 9.01. The van der Waals surface area contributed by atoms with Gasteiger partial charge in [0.2, 0.25) is 0 Å². The Morgan fingerprint density at radius 1 is 1.03 bits per heavy atom. The predicted molar refractivity (Wildman–Crippen MR) is 124 cm³/mol. The summed E-state index contributed by atoms with van der Waals surface area (Å²) >= 11 is 0. The van der Waals surface area contributed by atoms with Crippen LogP contribution in [0.15, 0.2) is 35.4 Å². The van der Waals surface area contributed by atoms with Gasteiger partial charge in [-0.1, -0.05) is 6.07 Å². The third kappa shape index (κ3) is 5.01. The average molecular weight is 510 g/mol. The predicted octanol–water partition coefficient (Wildman–Crippen LogP) is 3.61. The Bertz CT molecular complexity index is 1100. The van der Waals surface area contributed by atoms with Crippen LogP contribution in [0, 0.1) is 0 Å². The summed E-state index contributed by atoms with van der Waals surface area (Å²) in [6, 6.07) is 5.11. The number of amides is 2. The number of halogens is 3. The van der Waals surface area contributed by atoms with Crippen LogP contribution in [-0.2, 0) is 25.2 Å². The molecular weight excluding hydrogens is 479 g/mol. The molecule has 2 saturated heterocycles. The van der Waals surface area contributed by atoms with Crippen molar-refractivity contribution in [2.75, 3.05) is 44.2 Å². The van der Waals surface area contributed by atoms with Crippen molar-refractivity contribution in [1.82, 2.24) is 9.80 Å².